The lowest BCUT2D eigenvalue weighted by Gasteiger charge is -2.09. The van der Waals surface area contributed by atoms with Crippen molar-refractivity contribution in [3.8, 4) is 11.4 Å². The lowest BCUT2D eigenvalue weighted by Crippen LogP contribution is -2.12. The Morgan fingerprint density at radius 2 is 2.14 bits per heavy atom. The summed E-state index contributed by atoms with van der Waals surface area (Å²) < 4.78 is 30.9. The lowest BCUT2D eigenvalue weighted by molar-refractivity contribution is 0.0513. The second kappa shape index (κ2) is 6.34. The van der Waals surface area contributed by atoms with Crippen molar-refractivity contribution in [2.45, 2.75) is 20.3 Å². The van der Waals surface area contributed by atoms with Crippen LogP contribution in [0.25, 0.3) is 11.4 Å². The van der Waals surface area contributed by atoms with Crippen LogP contribution < -0.4 is 0 Å². The van der Waals surface area contributed by atoms with Crippen LogP contribution >= 0.6 is 0 Å². The summed E-state index contributed by atoms with van der Waals surface area (Å²) in [5.74, 6) is -0.758. The largest absolute Gasteiger partial charge is 0.462 e. The predicted octanol–water partition coefficient (Wildman–Crippen LogP) is 2.96. The number of hydrogen-bond donors (Lipinski definition) is 0. The number of halogens is 2. The number of aromatic nitrogens is 3. The van der Waals surface area contributed by atoms with Gasteiger partial charge in [0.2, 0.25) is 0 Å². The first-order valence-electron chi connectivity index (χ1n) is 6.27. The van der Waals surface area contributed by atoms with Gasteiger partial charge in [0, 0.05) is 24.2 Å². The zero-order valence-electron chi connectivity index (χ0n) is 11.5. The van der Waals surface area contributed by atoms with Gasteiger partial charge in [0.1, 0.15) is 11.3 Å². The first kappa shape index (κ1) is 15.0. The third-order valence-corrected chi connectivity index (χ3v) is 2.80. The van der Waals surface area contributed by atoms with Crippen LogP contribution in [0.2, 0.25) is 0 Å². The average Bonchev–Trinajstić information content (AvgIpc) is 2.47. The summed E-state index contributed by atoms with van der Waals surface area (Å²) in [7, 11) is 0. The van der Waals surface area contributed by atoms with Gasteiger partial charge in [-0.05, 0) is 25.5 Å². The van der Waals surface area contributed by atoms with E-state index in [1.807, 2.05) is 0 Å². The molecule has 0 aromatic carbocycles. The molecule has 0 spiro atoms. The van der Waals surface area contributed by atoms with Gasteiger partial charge in [0.05, 0.1) is 6.61 Å². The molecule has 110 valence electrons. The van der Waals surface area contributed by atoms with Crippen LogP contribution in [0.1, 0.15) is 35.0 Å². The van der Waals surface area contributed by atoms with Crippen LogP contribution in [0.4, 0.5) is 8.78 Å². The highest BCUT2D eigenvalue weighted by Gasteiger charge is 2.23. The molecule has 0 bridgehead atoms. The SMILES string of the molecule is CCOC(=O)c1cnc(-c2cnccc2C)nc1C(F)F. The predicted molar refractivity (Wildman–Crippen MR) is 70.9 cm³/mol. The minimum atomic E-state index is -2.90. The molecular weight excluding hydrogens is 280 g/mol. The first-order chi connectivity index (χ1) is 10.0. The number of nitrogens with zero attached hydrogens (tertiary/aromatic N) is 3. The Labute approximate surface area is 120 Å². The molecule has 0 unspecified atom stereocenters. The highest BCUT2D eigenvalue weighted by atomic mass is 19.3. The Kier molecular flexibility index (Phi) is 4.52. The fourth-order valence-electron chi connectivity index (χ4n) is 1.76. The van der Waals surface area contributed by atoms with Crippen molar-refractivity contribution in [1.82, 2.24) is 15.0 Å². The van der Waals surface area contributed by atoms with Gasteiger partial charge in [-0.2, -0.15) is 0 Å². The van der Waals surface area contributed by atoms with Crippen molar-refractivity contribution >= 4 is 5.97 Å². The normalized spacial score (nSPS) is 10.7. The van der Waals surface area contributed by atoms with E-state index in [-0.39, 0.29) is 18.0 Å². The van der Waals surface area contributed by atoms with Gasteiger partial charge in [-0.3, -0.25) is 4.98 Å². The molecule has 2 heterocycles. The van der Waals surface area contributed by atoms with E-state index in [9.17, 15) is 13.6 Å². The van der Waals surface area contributed by atoms with Crippen molar-refractivity contribution < 1.29 is 18.3 Å². The van der Waals surface area contributed by atoms with Gasteiger partial charge in [-0.15, -0.1) is 0 Å². The molecule has 0 aliphatic heterocycles. The number of ether oxygens (including phenoxy) is 1. The van der Waals surface area contributed by atoms with Gasteiger partial charge >= 0.3 is 5.97 Å². The van der Waals surface area contributed by atoms with E-state index in [0.29, 0.717) is 5.56 Å². The molecule has 0 N–H and O–H groups in total. The average molecular weight is 293 g/mol. The number of esters is 1. The minimum absolute atomic E-state index is 0.0883. The maximum Gasteiger partial charge on any atom is 0.341 e. The molecule has 0 saturated heterocycles. The second-order valence-electron chi connectivity index (χ2n) is 4.20. The maximum absolute atomic E-state index is 13.1. The van der Waals surface area contributed by atoms with E-state index in [0.717, 1.165) is 11.8 Å². The molecule has 0 aliphatic carbocycles. The van der Waals surface area contributed by atoms with Gasteiger partial charge in [-0.1, -0.05) is 0 Å². The Hall–Kier alpha value is -2.44. The molecule has 0 amide bonds. The molecule has 0 radical (unpaired) electrons. The number of aryl methyl sites for hydroxylation is 1. The van der Waals surface area contributed by atoms with Crippen LogP contribution in [0, 0.1) is 6.92 Å². The monoisotopic (exact) mass is 293 g/mol. The molecule has 0 aliphatic rings. The Morgan fingerprint density at radius 3 is 2.76 bits per heavy atom. The van der Waals surface area contributed by atoms with E-state index >= 15 is 0 Å². The molecule has 2 aromatic heterocycles. The maximum atomic E-state index is 13.1. The van der Waals surface area contributed by atoms with Gasteiger partial charge in [0.15, 0.2) is 5.82 Å². The number of carbonyl (C=O) groups excluding carboxylic acids is 1. The van der Waals surface area contributed by atoms with Crippen LogP contribution in [0.15, 0.2) is 24.7 Å². The molecule has 2 rings (SSSR count). The fourth-order valence-corrected chi connectivity index (χ4v) is 1.76. The quantitative estimate of drug-likeness (QED) is 0.811. The number of alkyl halides is 2. The summed E-state index contributed by atoms with van der Waals surface area (Å²) in [6.07, 6.45) is 1.24. The topological polar surface area (TPSA) is 65.0 Å². The third-order valence-electron chi connectivity index (χ3n) is 2.80. The van der Waals surface area contributed by atoms with E-state index in [4.69, 9.17) is 4.74 Å². The molecule has 5 nitrogen and oxygen atoms in total. The molecule has 7 heteroatoms. The van der Waals surface area contributed by atoms with Gasteiger partial charge in [-0.25, -0.2) is 23.5 Å². The zero-order valence-corrected chi connectivity index (χ0v) is 11.5. The fraction of sp³-hybridized carbons (Fsp3) is 0.286. The Balaban J connectivity index is 2.51. The smallest absolute Gasteiger partial charge is 0.341 e. The molecule has 21 heavy (non-hydrogen) atoms. The zero-order chi connectivity index (χ0) is 15.4. The number of pyridine rings is 1. The van der Waals surface area contributed by atoms with Crippen LogP contribution in [0.3, 0.4) is 0 Å². The standard InChI is InChI=1S/C14H13F2N3O2/c1-3-21-14(20)10-7-18-13(19-11(10)12(15)16)9-6-17-5-4-8(9)2/h4-7,12H,3H2,1-2H3. The van der Waals surface area contributed by atoms with E-state index < -0.39 is 18.1 Å². The Bertz CT molecular complexity index is 662. The van der Waals surface area contributed by atoms with E-state index in [1.54, 1.807) is 26.1 Å². The molecule has 0 atom stereocenters. The summed E-state index contributed by atoms with van der Waals surface area (Å²) >= 11 is 0. The van der Waals surface area contributed by atoms with Crippen molar-refractivity contribution in [3.63, 3.8) is 0 Å². The van der Waals surface area contributed by atoms with Crippen molar-refractivity contribution in [2.24, 2.45) is 0 Å². The highest BCUT2D eigenvalue weighted by molar-refractivity contribution is 5.90. The van der Waals surface area contributed by atoms with Crippen molar-refractivity contribution in [1.29, 1.82) is 0 Å². The first-order valence-corrected chi connectivity index (χ1v) is 6.27. The number of hydrogen-bond acceptors (Lipinski definition) is 5. The van der Waals surface area contributed by atoms with Crippen molar-refractivity contribution in [3.05, 3.63) is 41.5 Å². The molecule has 0 saturated carbocycles. The van der Waals surface area contributed by atoms with E-state index in [1.165, 1.54) is 6.20 Å². The lowest BCUT2D eigenvalue weighted by atomic mass is 10.1. The summed E-state index contributed by atoms with van der Waals surface area (Å²) in [6, 6.07) is 1.72. The number of rotatable bonds is 4. The van der Waals surface area contributed by atoms with Crippen LogP contribution in [0.5, 0.6) is 0 Å². The molecular formula is C14H13F2N3O2. The minimum Gasteiger partial charge on any atom is -0.462 e. The second-order valence-corrected chi connectivity index (χ2v) is 4.20. The summed E-state index contributed by atoms with van der Waals surface area (Å²) in [4.78, 5) is 23.3. The molecule has 0 fully saturated rings. The molecule has 2 aromatic rings. The van der Waals surface area contributed by atoms with E-state index in [2.05, 4.69) is 15.0 Å². The number of carbonyl (C=O) groups is 1. The highest BCUT2D eigenvalue weighted by Crippen LogP contribution is 2.25. The Morgan fingerprint density at radius 1 is 1.38 bits per heavy atom. The third kappa shape index (κ3) is 3.18. The van der Waals surface area contributed by atoms with Gasteiger partial charge in [0.25, 0.3) is 6.43 Å². The van der Waals surface area contributed by atoms with Crippen LogP contribution in [-0.4, -0.2) is 27.5 Å². The van der Waals surface area contributed by atoms with Gasteiger partial charge < -0.3 is 4.74 Å². The van der Waals surface area contributed by atoms with Crippen molar-refractivity contribution in [2.75, 3.05) is 6.61 Å². The summed E-state index contributed by atoms with van der Waals surface area (Å²) in [6.45, 7) is 3.47. The van der Waals surface area contributed by atoms with Crippen LogP contribution in [-0.2, 0) is 4.74 Å². The summed E-state index contributed by atoms with van der Waals surface area (Å²) in [5, 5.41) is 0. The summed E-state index contributed by atoms with van der Waals surface area (Å²) in [5.41, 5.74) is 0.378.